The van der Waals surface area contributed by atoms with Crippen molar-refractivity contribution in [1.82, 2.24) is 15.4 Å². The van der Waals surface area contributed by atoms with Crippen LogP contribution < -0.4 is 10.6 Å². The summed E-state index contributed by atoms with van der Waals surface area (Å²) in [7, 11) is 0. The molecule has 0 aliphatic rings. The molecule has 0 aliphatic heterocycles. The lowest BCUT2D eigenvalue weighted by molar-refractivity contribution is -0.169. The van der Waals surface area contributed by atoms with E-state index in [-0.39, 0.29) is 23.7 Å². The van der Waals surface area contributed by atoms with Crippen LogP contribution in [0.15, 0.2) is 24.4 Å². The number of aromatic nitrogens is 1. The molecule has 4 atom stereocenters. The Morgan fingerprint density at radius 3 is 2.34 bits per heavy atom. The van der Waals surface area contributed by atoms with Crippen molar-refractivity contribution in [3.05, 3.63) is 24.4 Å². The van der Waals surface area contributed by atoms with Crippen molar-refractivity contribution in [2.45, 2.75) is 66.0 Å². The van der Waals surface area contributed by atoms with Crippen molar-refractivity contribution < 1.29 is 19.6 Å². The molecule has 0 fully saturated rings. The Hall–Kier alpha value is -2.48. The van der Waals surface area contributed by atoms with E-state index in [4.69, 9.17) is 0 Å². The summed E-state index contributed by atoms with van der Waals surface area (Å²) in [5, 5.41) is 16.1. The van der Waals surface area contributed by atoms with Gasteiger partial charge in [-0.3, -0.25) is 19.6 Å². The number of nitrogens with one attached hydrogen (secondary N) is 2. The maximum Gasteiger partial charge on any atom is 0.248 e. The van der Waals surface area contributed by atoms with E-state index in [0.717, 1.165) is 0 Å². The Balaban J connectivity index is 3.05. The molecule has 0 saturated heterocycles. The largest absolute Gasteiger partial charge is 0.344 e. The van der Waals surface area contributed by atoms with Gasteiger partial charge in [0.05, 0.1) is 12.0 Å². The van der Waals surface area contributed by atoms with Gasteiger partial charge in [-0.05, 0) is 36.8 Å². The molecule has 8 nitrogen and oxygen atoms in total. The highest BCUT2D eigenvalue weighted by molar-refractivity contribution is 5.97. The van der Waals surface area contributed by atoms with Gasteiger partial charge in [0.25, 0.3) is 0 Å². The number of pyridine rings is 1. The molecule has 0 aromatic carbocycles. The zero-order valence-electron chi connectivity index (χ0n) is 18.0. The van der Waals surface area contributed by atoms with Crippen LogP contribution in [0.2, 0.25) is 0 Å². The van der Waals surface area contributed by atoms with Crippen LogP contribution in [-0.4, -0.2) is 45.6 Å². The fraction of sp³-hybridized carbons (Fsp3) is 0.619. The minimum absolute atomic E-state index is 0.112. The molecule has 1 aromatic heterocycles. The molecule has 0 aliphatic carbocycles. The lowest BCUT2D eigenvalue weighted by Gasteiger charge is -2.32. The molecule has 3 N–H and O–H groups in total. The summed E-state index contributed by atoms with van der Waals surface area (Å²) >= 11 is 0. The third kappa shape index (κ3) is 7.45. The zero-order valence-corrected chi connectivity index (χ0v) is 18.0. The first-order valence-corrected chi connectivity index (χ1v) is 10.2. The SMILES string of the molecule is CC[C@H](C)[C@H](NC(=O)[C@H](CC(C)C)[C@H](CC)N(O)C=O)C(=O)Nc1ccccn1. The van der Waals surface area contributed by atoms with Crippen LogP contribution in [0, 0.1) is 17.8 Å². The summed E-state index contributed by atoms with van der Waals surface area (Å²) < 4.78 is 0. The fourth-order valence-electron chi connectivity index (χ4n) is 3.28. The Morgan fingerprint density at radius 2 is 1.86 bits per heavy atom. The van der Waals surface area contributed by atoms with Crippen molar-refractivity contribution in [2.24, 2.45) is 17.8 Å². The number of rotatable bonds is 12. The minimum Gasteiger partial charge on any atom is -0.344 e. The molecule has 0 radical (unpaired) electrons. The third-order valence-electron chi connectivity index (χ3n) is 5.10. The van der Waals surface area contributed by atoms with Crippen LogP contribution in [0.4, 0.5) is 5.82 Å². The van der Waals surface area contributed by atoms with Gasteiger partial charge in [-0.2, -0.15) is 0 Å². The number of carbonyl (C=O) groups excluding carboxylic acids is 3. The number of anilines is 1. The fourth-order valence-corrected chi connectivity index (χ4v) is 3.28. The smallest absolute Gasteiger partial charge is 0.248 e. The highest BCUT2D eigenvalue weighted by atomic mass is 16.5. The summed E-state index contributed by atoms with van der Waals surface area (Å²) in [6, 6.07) is 3.77. The number of hydroxylamine groups is 2. The summed E-state index contributed by atoms with van der Waals surface area (Å²) in [6.07, 6.45) is 3.46. The second-order valence-corrected chi connectivity index (χ2v) is 7.77. The first-order chi connectivity index (χ1) is 13.7. The van der Waals surface area contributed by atoms with Gasteiger partial charge in [0.2, 0.25) is 18.2 Å². The van der Waals surface area contributed by atoms with E-state index < -0.39 is 18.0 Å². The van der Waals surface area contributed by atoms with Crippen LogP contribution in [0.1, 0.15) is 53.9 Å². The van der Waals surface area contributed by atoms with E-state index in [1.807, 2.05) is 27.7 Å². The molecule has 0 spiro atoms. The quantitative estimate of drug-likeness (QED) is 0.281. The Labute approximate surface area is 173 Å². The second-order valence-electron chi connectivity index (χ2n) is 7.77. The average molecular weight is 407 g/mol. The highest BCUT2D eigenvalue weighted by Gasteiger charge is 2.35. The predicted molar refractivity (Wildman–Crippen MR) is 111 cm³/mol. The first-order valence-electron chi connectivity index (χ1n) is 10.2. The number of hydrogen-bond donors (Lipinski definition) is 3. The second kappa shape index (κ2) is 12.2. The van der Waals surface area contributed by atoms with E-state index in [1.54, 1.807) is 31.3 Å². The summed E-state index contributed by atoms with van der Waals surface area (Å²) in [4.78, 5) is 41.1. The standard InChI is InChI=1S/C21H34N4O4/c1-6-15(5)19(21(28)23-18-10-8-9-11-22-18)24-20(27)16(12-14(3)4)17(7-2)25(29)13-26/h8-11,13-17,19,29H,6-7,12H2,1-5H3,(H,24,27)(H,22,23,28)/t15-,16+,17-,19-/m0/s1. The molecule has 29 heavy (non-hydrogen) atoms. The molecule has 162 valence electrons. The van der Waals surface area contributed by atoms with Crippen molar-refractivity contribution in [2.75, 3.05) is 5.32 Å². The summed E-state index contributed by atoms with van der Waals surface area (Å²) in [5.41, 5.74) is 0. The Kier molecular flexibility index (Phi) is 10.3. The normalized spacial score (nSPS) is 15.1. The lowest BCUT2D eigenvalue weighted by atomic mass is 9.87. The van der Waals surface area contributed by atoms with Gasteiger partial charge in [-0.15, -0.1) is 0 Å². The van der Waals surface area contributed by atoms with Crippen molar-refractivity contribution in [1.29, 1.82) is 0 Å². The first kappa shape index (κ1) is 24.6. The molecule has 8 heteroatoms. The lowest BCUT2D eigenvalue weighted by Crippen LogP contribution is -2.53. The van der Waals surface area contributed by atoms with Gasteiger partial charge in [0.15, 0.2) is 0 Å². The molecule has 1 heterocycles. The van der Waals surface area contributed by atoms with Gasteiger partial charge in [-0.25, -0.2) is 10.0 Å². The molecular weight excluding hydrogens is 372 g/mol. The molecule has 1 aromatic rings. The van der Waals surface area contributed by atoms with Gasteiger partial charge in [0.1, 0.15) is 11.9 Å². The van der Waals surface area contributed by atoms with Crippen molar-refractivity contribution in [3.8, 4) is 0 Å². The Morgan fingerprint density at radius 1 is 1.17 bits per heavy atom. The predicted octanol–water partition coefficient (Wildman–Crippen LogP) is 2.84. The van der Waals surface area contributed by atoms with Crippen LogP contribution in [0.3, 0.4) is 0 Å². The number of amides is 3. The van der Waals surface area contributed by atoms with Gasteiger partial charge >= 0.3 is 0 Å². The van der Waals surface area contributed by atoms with Gasteiger partial charge in [0, 0.05) is 6.20 Å². The monoisotopic (exact) mass is 406 g/mol. The minimum atomic E-state index is -0.759. The van der Waals surface area contributed by atoms with E-state index in [0.29, 0.717) is 36.6 Å². The highest BCUT2D eigenvalue weighted by Crippen LogP contribution is 2.22. The molecular formula is C21H34N4O4. The summed E-state index contributed by atoms with van der Waals surface area (Å²) in [6.45, 7) is 9.57. The van der Waals surface area contributed by atoms with E-state index in [9.17, 15) is 19.6 Å². The third-order valence-corrected chi connectivity index (χ3v) is 5.10. The molecule has 3 amide bonds. The van der Waals surface area contributed by atoms with Crippen molar-refractivity contribution in [3.63, 3.8) is 0 Å². The number of carbonyl (C=O) groups is 3. The van der Waals surface area contributed by atoms with Crippen LogP contribution in [0.25, 0.3) is 0 Å². The van der Waals surface area contributed by atoms with E-state index in [2.05, 4.69) is 15.6 Å². The van der Waals surface area contributed by atoms with E-state index in [1.165, 1.54) is 0 Å². The van der Waals surface area contributed by atoms with Crippen LogP contribution >= 0.6 is 0 Å². The van der Waals surface area contributed by atoms with Crippen LogP contribution in [0.5, 0.6) is 0 Å². The maximum atomic E-state index is 13.1. The van der Waals surface area contributed by atoms with Gasteiger partial charge in [-0.1, -0.05) is 47.1 Å². The topological polar surface area (TPSA) is 112 Å². The molecule has 0 unspecified atom stereocenters. The van der Waals surface area contributed by atoms with Crippen molar-refractivity contribution >= 4 is 24.0 Å². The molecule has 0 saturated carbocycles. The molecule has 1 rings (SSSR count). The number of hydrogen-bond acceptors (Lipinski definition) is 5. The Bertz CT molecular complexity index is 653. The average Bonchev–Trinajstić information content (AvgIpc) is 2.71. The molecule has 0 bridgehead atoms. The van der Waals surface area contributed by atoms with E-state index >= 15 is 0 Å². The zero-order chi connectivity index (χ0) is 22.0. The van der Waals surface area contributed by atoms with Gasteiger partial charge < -0.3 is 10.6 Å². The van der Waals surface area contributed by atoms with Crippen LogP contribution in [-0.2, 0) is 14.4 Å². The number of nitrogens with zero attached hydrogens (tertiary/aromatic N) is 2. The maximum absolute atomic E-state index is 13.1. The summed E-state index contributed by atoms with van der Waals surface area (Å²) in [5.74, 6) is -0.869.